The minimum absolute atomic E-state index is 0.0318. The molecular weight excluding hydrogens is 334 g/mol. The second kappa shape index (κ2) is 7.51. The highest BCUT2D eigenvalue weighted by Gasteiger charge is 2.26. The SMILES string of the molecule is CNC(=O)c1cc(C(=O)CC2CC2)cn(Cc2ccc(OC)nc2)c1=O. The molecule has 2 aromatic rings. The molecule has 0 atom stereocenters. The lowest BCUT2D eigenvalue weighted by Crippen LogP contribution is -2.32. The highest BCUT2D eigenvalue weighted by Crippen LogP contribution is 2.33. The lowest BCUT2D eigenvalue weighted by Gasteiger charge is -2.11. The number of carbonyl (C=O) groups excluding carboxylic acids is 2. The number of Topliss-reactive ketones (excluding diaryl/α,β-unsaturated/α-hetero) is 1. The normalized spacial score (nSPS) is 13.3. The first-order valence-electron chi connectivity index (χ1n) is 8.50. The Morgan fingerprint density at radius 2 is 2.12 bits per heavy atom. The zero-order valence-corrected chi connectivity index (χ0v) is 14.8. The van der Waals surface area contributed by atoms with Gasteiger partial charge in [-0.05, 0) is 30.4 Å². The summed E-state index contributed by atoms with van der Waals surface area (Å²) in [7, 11) is 2.98. The fourth-order valence-corrected chi connectivity index (χ4v) is 2.73. The summed E-state index contributed by atoms with van der Waals surface area (Å²) >= 11 is 0. The Morgan fingerprint density at radius 3 is 2.69 bits per heavy atom. The van der Waals surface area contributed by atoms with Gasteiger partial charge in [0, 0.05) is 37.5 Å². The van der Waals surface area contributed by atoms with Crippen molar-refractivity contribution in [3.63, 3.8) is 0 Å². The van der Waals surface area contributed by atoms with E-state index in [4.69, 9.17) is 4.74 Å². The molecule has 1 fully saturated rings. The van der Waals surface area contributed by atoms with E-state index in [0.717, 1.165) is 18.4 Å². The molecule has 136 valence electrons. The third-order valence-corrected chi connectivity index (χ3v) is 4.41. The van der Waals surface area contributed by atoms with E-state index >= 15 is 0 Å². The summed E-state index contributed by atoms with van der Waals surface area (Å²) in [6.07, 6.45) is 5.71. The number of hydrogen-bond acceptors (Lipinski definition) is 5. The highest BCUT2D eigenvalue weighted by atomic mass is 16.5. The molecule has 0 unspecified atom stereocenters. The molecule has 26 heavy (non-hydrogen) atoms. The topological polar surface area (TPSA) is 90.3 Å². The number of rotatable bonds is 7. The summed E-state index contributed by atoms with van der Waals surface area (Å²) in [5.41, 5.74) is 0.679. The summed E-state index contributed by atoms with van der Waals surface area (Å²) in [6, 6.07) is 4.88. The molecular formula is C19H21N3O4. The molecule has 2 heterocycles. The highest BCUT2D eigenvalue weighted by molar-refractivity contribution is 6.00. The van der Waals surface area contributed by atoms with Crippen molar-refractivity contribution in [1.29, 1.82) is 0 Å². The van der Waals surface area contributed by atoms with Crippen molar-refractivity contribution in [2.75, 3.05) is 14.2 Å². The van der Waals surface area contributed by atoms with Gasteiger partial charge in [0.05, 0.1) is 13.7 Å². The molecule has 0 aliphatic heterocycles. The van der Waals surface area contributed by atoms with E-state index in [-0.39, 0.29) is 17.9 Å². The van der Waals surface area contributed by atoms with Gasteiger partial charge in [-0.2, -0.15) is 0 Å². The molecule has 0 bridgehead atoms. The van der Waals surface area contributed by atoms with Crippen LogP contribution in [0.4, 0.5) is 0 Å². The Labute approximate surface area is 151 Å². The number of nitrogens with one attached hydrogen (secondary N) is 1. The molecule has 1 aliphatic rings. The monoisotopic (exact) mass is 355 g/mol. The van der Waals surface area contributed by atoms with E-state index < -0.39 is 11.5 Å². The molecule has 0 spiro atoms. The number of ketones is 1. The van der Waals surface area contributed by atoms with E-state index in [9.17, 15) is 14.4 Å². The van der Waals surface area contributed by atoms with Crippen molar-refractivity contribution in [2.45, 2.75) is 25.8 Å². The Kier molecular flexibility index (Phi) is 5.16. The van der Waals surface area contributed by atoms with E-state index in [1.165, 1.54) is 31.0 Å². The Hall–Kier alpha value is -2.96. The number of amides is 1. The fourth-order valence-electron chi connectivity index (χ4n) is 2.73. The van der Waals surface area contributed by atoms with Gasteiger partial charge in [-0.15, -0.1) is 0 Å². The van der Waals surface area contributed by atoms with Gasteiger partial charge in [-0.25, -0.2) is 4.98 Å². The van der Waals surface area contributed by atoms with Crippen molar-refractivity contribution in [1.82, 2.24) is 14.9 Å². The maximum atomic E-state index is 12.7. The van der Waals surface area contributed by atoms with Gasteiger partial charge in [0.2, 0.25) is 5.88 Å². The van der Waals surface area contributed by atoms with Crippen LogP contribution in [0.5, 0.6) is 5.88 Å². The van der Waals surface area contributed by atoms with Gasteiger partial charge in [-0.1, -0.05) is 6.07 Å². The van der Waals surface area contributed by atoms with E-state index in [0.29, 0.717) is 23.8 Å². The van der Waals surface area contributed by atoms with Gasteiger partial charge < -0.3 is 14.6 Å². The van der Waals surface area contributed by atoms with E-state index in [2.05, 4.69) is 10.3 Å². The smallest absolute Gasteiger partial charge is 0.263 e. The number of ether oxygens (including phenoxy) is 1. The van der Waals surface area contributed by atoms with Crippen LogP contribution in [0.15, 0.2) is 35.4 Å². The minimum Gasteiger partial charge on any atom is -0.481 e. The quantitative estimate of drug-likeness (QED) is 0.763. The van der Waals surface area contributed by atoms with Gasteiger partial charge in [0.15, 0.2) is 5.78 Å². The summed E-state index contributed by atoms with van der Waals surface area (Å²) in [5, 5.41) is 2.46. The number of aromatic nitrogens is 2. The van der Waals surface area contributed by atoms with Crippen LogP contribution in [-0.4, -0.2) is 35.4 Å². The summed E-state index contributed by atoms with van der Waals surface area (Å²) in [5.74, 6) is 0.356. The molecule has 0 saturated heterocycles. The summed E-state index contributed by atoms with van der Waals surface area (Å²) in [6.45, 7) is 0.213. The van der Waals surface area contributed by atoms with Crippen LogP contribution in [0, 0.1) is 5.92 Å². The predicted octanol–water partition coefficient (Wildman–Crippen LogP) is 1.64. The Morgan fingerprint density at radius 1 is 1.35 bits per heavy atom. The molecule has 1 aliphatic carbocycles. The standard InChI is InChI=1S/C19H21N3O4/c1-20-18(24)15-8-14(16(23)7-12-3-4-12)11-22(19(15)25)10-13-5-6-17(26-2)21-9-13/h5-6,8-9,11-12H,3-4,7,10H2,1-2H3,(H,20,24). The number of hydrogen-bond donors (Lipinski definition) is 1. The molecule has 7 nitrogen and oxygen atoms in total. The zero-order valence-electron chi connectivity index (χ0n) is 14.8. The van der Waals surface area contributed by atoms with E-state index in [1.54, 1.807) is 18.3 Å². The molecule has 1 saturated carbocycles. The van der Waals surface area contributed by atoms with Crippen molar-refractivity contribution in [3.05, 3.63) is 57.6 Å². The number of nitrogens with zero attached hydrogens (tertiary/aromatic N) is 2. The predicted molar refractivity (Wildman–Crippen MR) is 95.7 cm³/mol. The van der Waals surface area contributed by atoms with Gasteiger partial charge >= 0.3 is 0 Å². The van der Waals surface area contributed by atoms with Crippen LogP contribution < -0.4 is 15.6 Å². The van der Waals surface area contributed by atoms with Crippen LogP contribution in [-0.2, 0) is 6.54 Å². The Bertz CT molecular complexity index is 883. The van der Waals surface area contributed by atoms with Gasteiger partial charge in [-0.3, -0.25) is 14.4 Å². The lowest BCUT2D eigenvalue weighted by atomic mass is 10.1. The van der Waals surface area contributed by atoms with Crippen molar-refractivity contribution >= 4 is 11.7 Å². The average molecular weight is 355 g/mol. The maximum absolute atomic E-state index is 12.7. The van der Waals surface area contributed by atoms with Crippen molar-refractivity contribution in [2.24, 2.45) is 5.92 Å². The minimum atomic E-state index is -0.502. The third-order valence-electron chi connectivity index (χ3n) is 4.41. The van der Waals surface area contributed by atoms with Crippen molar-refractivity contribution < 1.29 is 14.3 Å². The molecule has 1 amide bonds. The largest absolute Gasteiger partial charge is 0.481 e. The first-order chi connectivity index (χ1) is 12.5. The number of pyridine rings is 2. The third kappa shape index (κ3) is 3.99. The summed E-state index contributed by atoms with van der Waals surface area (Å²) < 4.78 is 6.41. The van der Waals surface area contributed by atoms with Gasteiger partial charge in [0.25, 0.3) is 11.5 Å². The van der Waals surface area contributed by atoms with Crippen LogP contribution in [0.2, 0.25) is 0 Å². The van der Waals surface area contributed by atoms with Gasteiger partial charge in [0.1, 0.15) is 5.56 Å². The molecule has 2 aromatic heterocycles. The van der Waals surface area contributed by atoms with Crippen LogP contribution in [0.1, 0.15) is 45.5 Å². The van der Waals surface area contributed by atoms with Crippen molar-refractivity contribution in [3.8, 4) is 5.88 Å². The van der Waals surface area contributed by atoms with Crippen LogP contribution >= 0.6 is 0 Å². The molecule has 0 aromatic carbocycles. The molecule has 1 N–H and O–H groups in total. The Balaban J connectivity index is 1.96. The lowest BCUT2D eigenvalue weighted by molar-refractivity contribution is 0.0961. The zero-order chi connectivity index (χ0) is 18.7. The summed E-state index contributed by atoms with van der Waals surface area (Å²) in [4.78, 5) is 41.3. The van der Waals surface area contributed by atoms with Crippen LogP contribution in [0.3, 0.4) is 0 Å². The van der Waals surface area contributed by atoms with Crippen LogP contribution in [0.25, 0.3) is 0 Å². The number of methoxy groups -OCH3 is 1. The number of carbonyl (C=O) groups is 2. The molecule has 0 radical (unpaired) electrons. The first kappa shape index (κ1) is 17.8. The second-order valence-corrected chi connectivity index (χ2v) is 6.43. The molecule has 3 rings (SSSR count). The maximum Gasteiger partial charge on any atom is 0.263 e. The first-order valence-corrected chi connectivity index (χ1v) is 8.50. The second-order valence-electron chi connectivity index (χ2n) is 6.43. The average Bonchev–Trinajstić information content (AvgIpc) is 3.47. The fraction of sp³-hybridized carbons (Fsp3) is 0.368. The van der Waals surface area contributed by atoms with E-state index in [1.807, 2.05) is 0 Å². The molecule has 7 heteroatoms.